The largest absolute Gasteiger partial charge is 0.493 e. The monoisotopic (exact) mass is 291 g/mol. The Balaban J connectivity index is 3.53. The number of nitrogens with two attached hydrogens (primary N) is 1. The van der Waals surface area contributed by atoms with Crippen LogP contribution in [0.2, 0.25) is 0 Å². The smallest absolute Gasteiger partial charge is 0.126 e. The van der Waals surface area contributed by atoms with Gasteiger partial charge in [0.1, 0.15) is 5.75 Å². The Bertz CT molecular complexity index is 428. The van der Waals surface area contributed by atoms with Gasteiger partial charge in [-0.25, -0.2) is 0 Å². The molecule has 2 N–H and O–H groups in total. The molecular weight excluding hydrogens is 258 g/mol. The van der Waals surface area contributed by atoms with E-state index in [1.54, 1.807) is 0 Å². The van der Waals surface area contributed by atoms with E-state index < -0.39 is 0 Å². The van der Waals surface area contributed by atoms with Crippen molar-refractivity contribution in [2.24, 2.45) is 5.73 Å². The summed E-state index contributed by atoms with van der Waals surface area (Å²) in [5.41, 5.74) is 9.80. The van der Waals surface area contributed by atoms with Gasteiger partial charge in [0.05, 0.1) is 6.61 Å². The van der Waals surface area contributed by atoms with E-state index >= 15 is 0 Å². The second-order valence-electron chi connectivity index (χ2n) is 7.91. The van der Waals surface area contributed by atoms with Gasteiger partial charge in [0.25, 0.3) is 0 Å². The predicted molar refractivity (Wildman–Crippen MR) is 92.4 cm³/mol. The maximum Gasteiger partial charge on any atom is 0.126 e. The zero-order valence-electron chi connectivity index (χ0n) is 15.0. The van der Waals surface area contributed by atoms with Gasteiger partial charge in [0.15, 0.2) is 0 Å². The van der Waals surface area contributed by atoms with Crippen LogP contribution in [0.25, 0.3) is 0 Å². The van der Waals surface area contributed by atoms with Gasteiger partial charge in [-0.05, 0) is 35.8 Å². The molecule has 2 nitrogen and oxygen atoms in total. The van der Waals surface area contributed by atoms with E-state index in [2.05, 4.69) is 60.6 Å². The van der Waals surface area contributed by atoms with Gasteiger partial charge < -0.3 is 10.5 Å². The Kier molecular flexibility index (Phi) is 5.86. The van der Waals surface area contributed by atoms with Crippen LogP contribution in [-0.2, 0) is 17.3 Å². The number of ether oxygens (including phenoxy) is 1. The normalized spacial score (nSPS) is 12.6. The third-order valence-corrected chi connectivity index (χ3v) is 3.65. The topological polar surface area (TPSA) is 35.2 Å². The molecule has 0 saturated heterocycles. The molecule has 0 atom stereocenters. The summed E-state index contributed by atoms with van der Waals surface area (Å²) in [4.78, 5) is 0. The fourth-order valence-electron chi connectivity index (χ4n) is 2.47. The number of rotatable bonds is 5. The molecule has 21 heavy (non-hydrogen) atoms. The van der Waals surface area contributed by atoms with Gasteiger partial charge in [-0.1, -0.05) is 60.6 Å². The van der Waals surface area contributed by atoms with Crippen molar-refractivity contribution in [3.8, 4) is 5.75 Å². The molecule has 0 aliphatic rings. The van der Waals surface area contributed by atoms with E-state index in [4.69, 9.17) is 10.5 Å². The fourth-order valence-corrected chi connectivity index (χ4v) is 2.47. The molecule has 1 aromatic carbocycles. The number of benzene rings is 1. The lowest BCUT2D eigenvalue weighted by atomic mass is 9.78. The van der Waals surface area contributed by atoms with Crippen LogP contribution in [0, 0.1) is 0 Å². The van der Waals surface area contributed by atoms with Crippen LogP contribution in [0.1, 0.15) is 71.6 Å². The fraction of sp³-hybridized carbons (Fsp3) is 0.684. The third kappa shape index (κ3) is 4.74. The van der Waals surface area contributed by atoms with Crippen LogP contribution < -0.4 is 10.5 Å². The van der Waals surface area contributed by atoms with Gasteiger partial charge in [-0.3, -0.25) is 0 Å². The van der Waals surface area contributed by atoms with Gasteiger partial charge in [-0.15, -0.1) is 0 Å². The van der Waals surface area contributed by atoms with E-state index in [0.29, 0.717) is 6.54 Å². The SMILES string of the molecule is CCCOc1c(C(C)(C)C)cc(CCN)cc1C(C)(C)C. The summed E-state index contributed by atoms with van der Waals surface area (Å²) in [5, 5.41) is 0. The first-order valence-corrected chi connectivity index (χ1v) is 8.12. The Morgan fingerprint density at radius 3 is 1.76 bits per heavy atom. The van der Waals surface area contributed by atoms with Crippen LogP contribution in [0.4, 0.5) is 0 Å². The van der Waals surface area contributed by atoms with Crippen molar-refractivity contribution in [2.75, 3.05) is 13.2 Å². The molecule has 0 aromatic heterocycles. The average molecular weight is 291 g/mol. The minimum atomic E-state index is 0.0632. The molecule has 1 aromatic rings. The van der Waals surface area contributed by atoms with E-state index in [1.165, 1.54) is 16.7 Å². The Morgan fingerprint density at radius 2 is 1.43 bits per heavy atom. The van der Waals surface area contributed by atoms with Crippen molar-refractivity contribution in [1.29, 1.82) is 0 Å². The summed E-state index contributed by atoms with van der Waals surface area (Å²) >= 11 is 0. The zero-order chi connectivity index (χ0) is 16.3. The third-order valence-electron chi connectivity index (χ3n) is 3.65. The quantitative estimate of drug-likeness (QED) is 0.862. The Hall–Kier alpha value is -1.02. The van der Waals surface area contributed by atoms with E-state index in [9.17, 15) is 0 Å². The summed E-state index contributed by atoms with van der Waals surface area (Å²) in [6.45, 7) is 17.1. The molecule has 0 unspecified atom stereocenters. The molecule has 0 fully saturated rings. The lowest BCUT2D eigenvalue weighted by molar-refractivity contribution is 0.299. The predicted octanol–water partition coefficient (Wildman–Crippen LogP) is 4.57. The van der Waals surface area contributed by atoms with Crippen molar-refractivity contribution >= 4 is 0 Å². The van der Waals surface area contributed by atoms with E-state index in [1.807, 2.05) is 0 Å². The highest BCUT2D eigenvalue weighted by molar-refractivity contribution is 5.51. The van der Waals surface area contributed by atoms with Gasteiger partial charge in [-0.2, -0.15) is 0 Å². The summed E-state index contributed by atoms with van der Waals surface area (Å²) in [5.74, 6) is 1.08. The molecule has 0 spiro atoms. The molecule has 2 heteroatoms. The standard InChI is InChI=1S/C19H33NO/c1-8-11-21-17-15(18(2,3)4)12-14(9-10-20)13-16(17)19(5,6)7/h12-13H,8-11,20H2,1-7H3. The molecule has 0 heterocycles. The lowest BCUT2D eigenvalue weighted by Crippen LogP contribution is -2.21. The zero-order valence-corrected chi connectivity index (χ0v) is 15.0. The molecule has 0 aliphatic carbocycles. The first-order valence-electron chi connectivity index (χ1n) is 8.12. The maximum absolute atomic E-state index is 6.17. The molecule has 0 aliphatic heterocycles. The average Bonchev–Trinajstić information content (AvgIpc) is 2.34. The summed E-state index contributed by atoms with van der Waals surface area (Å²) < 4.78 is 6.17. The van der Waals surface area contributed by atoms with Crippen LogP contribution in [0.5, 0.6) is 5.75 Å². The van der Waals surface area contributed by atoms with Gasteiger partial charge in [0, 0.05) is 11.1 Å². The molecule has 0 radical (unpaired) electrons. The minimum Gasteiger partial charge on any atom is -0.493 e. The van der Waals surface area contributed by atoms with Crippen molar-refractivity contribution in [3.63, 3.8) is 0 Å². The van der Waals surface area contributed by atoms with Crippen molar-refractivity contribution in [2.45, 2.75) is 72.1 Å². The first kappa shape index (κ1) is 18.0. The first-order chi connectivity index (χ1) is 9.61. The molecular formula is C19H33NO. The number of hydrogen-bond donors (Lipinski definition) is 1. The Labute approximate surface area is 131 Å². The van der Waals surface area contributed by atoms with Gasteiger partial charge >= 0.3 is 0 Å². The van der Waals surface area contributed by atoms with Crippen LogP contribution >= 0.6 is 0 Å². The molecule has 1 rings (SSSR count). The number of hydrogen-bond acceptors (Lipinski definition) is 2. The van der Waals surface area contributed by atoms with Crippen molar-refractivity contribution < 1.29 is 4.74 Å². The highest BCUT2D eigenvalue weighted by Crippen LogP contribution is 2.40. The molecule has 0 amide bonds. The Morgan fingerprint density at radius 1 is 0.952 bits per heavy atom. The molecule has 0 bridgehead atoms. The van der Waals surface area contributed by atoms with E-state index in [0.717, 1.165) is 25.2 Å². The van der Waals surface area contributed by atoms with Crippen molar-refractivity contribution in [1.82, 2.24) is 0 Å². The van der Waals surface area contributed by atoms with Crippen molar-refractivity contribution in [3.05, 3.63) is 28.8 Å². The lowest BCUT2D eigenvalue weighted by Gasteiger charge is -2.30. The summed E-state index contributed by atoms with van der Waals surface area (Å²) in [7, 11) is 0. The highest BCUT2D eigenvalue weighted by Gasteiger charge is 2.27. The summed E-state index contributed by atoms with van der Waals surface area (Å²) in [6.07, 6.45) is 1.94. The maximum atomic E-state index is 6.17. The second kappa shape index (κ2) is 6.83. The van der Waals surface area contributed by atoms with Crippen LogP contribution in [-0.4, -0.2) is 13.2 Å². The molecule has 120 valence electrons. The minimum absolute atomic E-state index is 0.0632. The highest BCUT2D eigenvalue weighted by atomic mass is 16.5. The van der Waals surface area contributed by atoms with Crippen LogP contribution in [0.3, 0.4) is 0 Å². The second-order valence-corrected chi connectivity index (χ2v) is 7.91. The summed E-state index contributed by atoms with van der Waals surface area (Å²) in [6, 6.07) is 4.57. The molecule has 0 saturated carbocycles. The van der Waals surface area contributed by atoms with Crippen LogP contribution in [0.15, 0.2) is 12.1 Å². The van der Waals surface area contributed by atoms with E-state index in [-0.39, 0.29) is 10.8 Å². The van der Waals surface area contributed by atoms with Gasteiger partial charge in [0.2, 0.25) is 0 Å².